The van der Waals surface area contributed by atoms with Crippen LogP contribution in [0.2, 0.25) is 5.02 Å². The van der Waals surface area contributed by atoms with Gasteiger partial charge in [0.15, 0.2) is 0 Å². The van der Waals surface area contributed by atoms with E-state index in [0.29, 0.717) is 5.02 Å². The third kappa shape index (κ3) is 5.30. The zero-order valence-corrected chi connectivity index (χ0v) is 16.6. The second-order valence-corrected chi connectivity index (χ2v) is 8.40. The number of benzene rings is 2. The van der Waals surface area contributed by atoms with Gasteiger partial charge in [0.25, 0.3) is 0 Å². The molecule has 26 heavy (non-hydrogen) atoms. The van der Waals surface area contributed by atoms with Gasteiger partial charge >= 0.3 is 0 Å². The number of hydrogen-bond acceptors (Lipinski definition) is 3. The standard InChI is InChI=1S/C19H23ClN2O3S/c1-14-4-10-18(11-5-14)26(24,25)21-13-12-19(23)22(3)15(2)16-6-8-17(20)9-7-16/h4-11,15,21H,12-13H2,1-3H3. The molecule has 1 amide bonds. The molecule has 0 fully saturated rings. The first kappa shape index (κ1) is 20.4. The van der Waals surface area contributed by atoms with Gasteiger partial charge in [0, 0.05) is 25.0 Å². The number of nitrogens with one attached hydrogen (secondary N) is 1. The summed E-state index contributed by atoms with van der Waals surface area (Å²) < 4.78 is 26.9. The largest absolute Gasteiger partial charge is 0.339 e. The summed E-state index contributed by atoms with van der Waals surface area (Å²) in [6.07, 6.45) is 0.0829. The monoisotopic (exact) mass is 394 g/mol. The molecular weight excluding hydrogens is 372 g/mol. The van der Waals surface area contributed by atoms with Gasteiger partial charge in [0.1, 0.15) is 0 Å². The van der Waals surface area contributed by atoms with Crippen LogP contribution in [-0.2, 0) is 14.8 Å². The summed E-state index contributed by atoms with van der Waals surface area (Å²) in [6, 6.07) is 13.7. The van der Waals surface area contributed by atoms with Crippen molar-refractivity contribution >= 4 is 27.5 Å². The van der Waals surface area contributed by atoms with Crippen molar-refractivity contribution in [1.82, 2.24) is 9.62 Å². The topological polar surface area (TPSA) is 66.5 Å². The lowest BCUT2D eigenvalue weighted by Crippen LogP contribution is -2.33. The zero-order valence-electron chi connectivity index (χ0n) is 15.1. The Balaban J connectivity index is 1.91. The summed E-state index contributed by atoms with van der Waals surface area (Å²) >= 11 is 5.88. The fourth-order valence-electron chi connectivity index (χ4n) is 2.45. The van der Waals surface area contributed by atoms with Gasteiger partial charge in [0.05, 0.1) is 10.9 Å². The first-order valence-corrected chi connectivity index (χ1v) is 10.1. The summed E-state index contributed by atoms with van der Waals surface area (Å²) in [5.74, 6) is -0.140. The number of halogens is 1. The lowest BCUT2D eigenvalue weighted by Gasteiger charge is -2.25. The van der Waals surface area contributed by atoms with Gasteiger partial charge in [-0.05, 0) is 43.7 Å². The van der Waals surface area contributed by atoms with E-state index in [4.69, 9.17) is 11.6 Å². The van der Waals surface area contributed by atoms with E-state index in [1.807, 2.05) is 26.0 Å². The molecule has 0 aliphatic heterocycles. The van der Waals surface area contributed by atoms with Gasteiger partial charge in [-0.1, -0.05) is 41.4 Å². The molecule has 1 N–H and O–H groups in total. The number of carbonyl (C=O) groups is 1. The molecular formula is C19H23ClN2O3S. The van der Waals surface area contributed by atoms with Crippen LogP contribution in [-0.4, -0.2) is 32.8 Å². The summed E-state index contributed by atoms with van der Waals surface area (Å²) in [5.41, 5.74) is 1.95. The summed E-state index contributed by atoms with van der Waals surface area (Å²) in [4.78, 5) is 14.2. The summed E-state index contributed by atoms with van der Waals surface area (Å²) in [6.45, 7) is 3.85. The molecule has 2 aromatic rings. The van der Waals surface area contributed by atoms with Crippen LogP contribution in [0.1, 0.15) is 30.5 Å². The van der Waals surface area contributed by atoms with Gasteiger partial charge in [-0.2, -0.15) is 0 Å². The number of nitrogens with zero attached hydrogens (tertiary/aromatic N) is 1. The molecule has 0 aliphatic carbocycles. The average Bonchev–Trinajstić information content (AvgIpc) is 2.61. The van der Waals surface area contributed by atoms with Crippen LogP contribution in [0.25, 0.3) is 0 Å². The Morgan fingerprint density at radius 1 is 1.12 bits per heavy atom. The minimum atomic E-state index is -3.61. The Morgan fingerprint density at radius 3 is 2.27 bits per heavy atom. The number of sulfonamides is 1. The fourth-order valence-corrected chi connectivity index (χ4v) is 3.61. The van der Waals surface area contributed by atoms with Crippen LogP contribution < -0.4 is 4.72 Å². The second-order valence-electron chi connectivity index (χ2n) is 6.19. The quantitative estimate of drug-likeness (QED) is 0.781. The number of rotatable bonds is 7. The van der Waals surface area contributed by atoms with Gasteiger partial charge in [0.2, 0.25) is 15.9 Å². The highest BCUT2D eigenvalue weighted by Gasteiger charge is 2.19. The minimum Gasteiger partial charge on any atom is -0.339 e. The normalized spacial score (nSPS) is 12.6. The third-order valence-electron chi connectivity index (χ3n) is 4.29. The third-order valence-corrected chi connectivity index (χ3v) is 6.02. The van der Waals surface area contributed by atoms with Crippen LogP contribution in [0.5, 0.6) is 0 Å². The SMILES string of the molecule is Cc1ccc(S(=O)(=O)NCCC(=O)N(C)C(C)c2ccc(Cl)cc2)cc1. The highest BCUT2D eigenvalue weighted by Crippen LogP contribution is 2.21. The van der Waals surface area contributed by atoms with E-state index in [9.17, 15) is 13.2 Å². The van der Waals surface area contributed by atoms with Crippen LogP contribution in [0.4, 0.5) is 0 Å². The maximum absolute atomic E-state index is 12.4. The first-order chi connectivity index (χ1) is 12.2. The maximum Gasteiger partial charge on any atom is 0.240 e. The van der Waals surface area contributed by atoms with E-state index >= 15 is 0 Å². The molecule has 7 heteroatoms. The van der Waals surface area contributed by atoms with Crippen molar-refractivity contribution in [2.75, 3.05) is 13.6 Å². The molecule has 0 saturated carbocycles. The number of carbonyl (C=O) groups excluding carboxylic acids is 1. The van der Waals surface area contributed by atoms with Crippen molar-refractivity contribution in [2.45, 2.75) is 31.2 Å². The smallest absolute Gasteiger partial charge is 0.240 e. The van der Waals surface area contributed by atoms with Crippen LogP contribution >= 0.6 is 11.6 Å². The molecule has 0 spiro atoms. The van der Waals surface area contributed by atoms with Crippen molar-refractivity contribution in [1.29, 1.82) is 0 Å². The number of hydrogen-bond donors (Lipinski definition) is 1. The Morgan fingerprint density at radius 2 is 1.69 bits per heavy atom. The van der Waals surface area contributed by atoms with E-state index in [1.54, 1.807) is 48.3 Å². The molecule has 2 aromatic carbocycles. The van der Waals surface area contributed by atoms with E-state index in [0.717, 1.165) is 11.1 Å². The van der Waals surface area contributed by atoms with Gasteiger partial charge < -0.3 is 4.90 Å². The first-order valence-electron chi connectivity index (χ1n) is 8.28. The molecule has 2 rings (SSSR count). The van der Waals surface area contributed by atoms with Gasteiger partial charge in [-0.15, -0.1) is 0 Å². The van der Waals surface area contributed by atoms with E-state index in [1.165, 1.54) is 0 Å². The minimum absolute atomic E-state index is 0.0483. The zero-order chi connectivity index (χ0) is 19.3. The van der Waals surface area contributed by atoms with Crippen molar-refractivity contribution in [2.24, 2.45) is 0 Å². The van der Waals surface area contributed by atoms with Crippen molar-refractivity contribution in [3.05, 3.63) is 64.7 Å². The van der Waals surface area contributed by atoms with E-state index < -0.39 is 10.0 Å². The molecule has 0 heterocycles. The molecule has 0 radical (unpaired) electrons. The van der Waals surface area contributed by atoms with Gasteiger partial charge in [-0.25, -0.2) is 13.1 Å². The molecule has 0 bridgehead atoms. The predicted molar refractivity (Wildman–Crippen MR) is 104 cm³/mol. The van der Waals surface area contributed by atoms with E-state index in [2.05, 4.69) is 4.72 Å². The van der Waals surface area contributed by atoms with Crippen LogP contribution in [0, 0.1) is 6.92 Å². The lowest BCUT2D eigenvalue weighted by molar-refractivity contribution is -0.131. The van der Waals surface area contributed by atoms with Crippen molar-refractivity contribution in [3.63, 3.8) is 0 Å². The molecule has 0 aromatic heterocycles. The summed E-state index contributed by atoms with van der Waals surface area (Å²) in [7, 11) is -1.91. The van der Waals surface area contributed by atoms with Crippen molar-refractivity contribution < 1.29 is 13.2 Å². The Kier molecular flexibility index (Phi) is 6.81. The van der Waals surface area contributed by atoms with Gasteiger partial charge in [-0.3, -0.25) is 4.79 Å². The molecule has 5 nitrogen and oxygen atoms in total. The van der Waals surface area contributed by atoms with E-state index in [-0.39, 0.29) is 29.8 Å². The maximum atomic E-state index is 12.4. The highest BCUT2D eigenvalue weighted by molar-refractivity contribution is 7.89. The van der Waals surface area contributed by atoms with Crippen LogP contribution in [0.3, 0.4) is 0 Å². The Hall–Kier alpha value is -1.89. The van der Waals surface area contributed by atoms with Crippen LogP contribution in [0.15, 0.2) is 53.4 Å². The molecule has 0 aliphatic rings. The lowest BCUT2D eigenvalue weighted by atomic mass is 10.1. The number of aryl methyl sites for hydroxylation is 1. The molecule has 1 unspecified atom stereocenters. The molecule has 0 saturated heterocycles. The molecule has 140 valence electrons. The number of amides is 1. The summed E-state index contributed by atoms with van der Waals surface area (Å²) in [5, 5.41) is 0.639. The van der Waals surface area contributed by atoms with Crippen molar-refractivity contribution in [3.8, 4) is 0 Å². The second kappa shape index (κ2) is 8.66. The average molecular weight is 395 g/mol. The Labute approximate surface area is 160 Å². The highest BCUT2D eigenvalue weighted by atomic mass is 35.5. The molecule has 1 atom stereocenters. The fraction of sp³-hybridized carbons (Fsp3) is 0.316. The predicted octanol–water partition coefficient (Wildman–Crippen LogP) is 3.54. The Bertz CT molecular complexity index is 849.